The summed E-state index contributed by atoms with van der Waals surface area (Å²) in [7, 11) is 0. The standard InChI is InChI=1S/C9H8O2.Mn.4H2O/c1-2-7-3-5-8(6-4-7)9(10)11;;;;;/h2-6H,1H2,(H,10,11);;4*1H2. The van der Waals surface area contributed by atoms with Crippen LogP contribution in [0.3, 0.4) is 0 Å². The number of aromatic carboxylic acids is 1. The monoisotopic (exact) mass is 275 g/mol. The van der Waals surface area contributed by atoms with Crippen LogP contribution >= 0.6 is 0 Å². The number of carboxylic acid groups (broad SMARTS) is 1. The average molecular weight is 275 g/mol. The van der Waals surface area contributed by atoms with Gasteiger partial charge in [-0.1, -0.05) is 24.8 Å². The van der Waals surface area contributed by atoms with Gasteiger partial charge in [0.1, 0.15) is 0 Å². The summed E-state index contributed by atoms with van der Waals surface area (Å²) in [5.74, 6) is -0.902. The van der Waals surface area contributed by atoms with Crippen LogP contribution in [-0.2, 0) is 17.1 Å². The van der Waals surface area contributed by atoms with Gasteiger partial charge in [-0.05, 0) is 17.7 Å². The van der Waals surface area contributed by atoms with Gasteiger partial charge in [0.2, 0.25) is 0 Å². The second-order valence-corrected chi connectivity index (χ2v) is 2.13. The molecule has 1 aromatic carbocycles. The molecule has 0 bridgehead atoms. The zero-order chi connectivity index (χ0) is 8.27. The molecule has 0 spiro atoms. The summed E-state index contributed by atoms with van der Waals surface area (Å²) in [4.78, 5) is 10.4. The van der Waals surface area contributed by atoms with E-state index in [0.29, 0.717) is 5.56 Å². The Hall–Kier alpha value is -1.21. The number of rotatable bonds is 2. The summed E-state index contributed by atoms with van der Waals surface area (Å²) in [5, 5.41) is 8.52. The molecule has 0 unspecified atom stereocenters. The molecule has 0 saturated carbocycles. The first kappa shape index (κ1) is 29.3. The Morgan fingerprint density at radius 3 is 1.69 bits per heavy atom. The van der Waals surface area contributed by atoms with Crippen molar-refractivity contribution in [1.29, 1.82) is 0 Å². The maximum Gasteiger partial charge on any atom is 0.335 e. The van der Waals surface area contributed by atoms with Gasteiger partial charge in [-0.3, -0.25) is 0 Å². The second kappa shape index (κ2) is 13.8. The van der Waals surface area contributed by atoms with Gasteiger partial charge < -0.3 is 27.0 Å². The van der Waals surface area contributed by atoms with E-state index < -0.39 is 5.97 Å². The van der Waals surface area contributed by atoms with Crippen LogP contribution in [0.2, 0.25) is 0 Å². The van der Waals surface area contributed by atoms with Gasteiger partial charge in [0, 0.05) is 17.1 Å². The summed E-state index contributed by atoms with van der Waals surface area (Å²) < 4.78 is 0. The number of carbonyl (C=O) groups is 1. The van der Waals surface area contributed by atoms with E-state index >= 15 is 0 Å². The Labute approximate surface area is 103 Å². The molecule has 0 heterocycles. The molecule has 0 aliphatic carbocycles. The molecule has 1 rings (SSSR count). The predicted molar refractivity (Wildman–Crippen MR) is 57.9 cm³/mol. The van der Waals surface area contributed by atoms with Crippen molar-refractivity contribution in [2.45, 2.75) is 0 Å². The number of hydrogen-bond acceptors (Lipinski definition) is 1. The summed E-state index contributed by atoms with van der Waals surface area (Å²) in [6.45, 7) is 3.56. The topological polar surface area (TPSA) is 163 Å². The minimum Gasteiger partial charge on any atom is -0.478 e. The van der Waals surface area contributed by atoms with Crippen LogP contribution in [0.15, 0.2) is 30.8 Å². The third-order valence-electron chi connectivity index (χ3n) is 1.39. The summed E-state index contributed by atoms with van der Waals surface area (Å²) in [5.41, 5.74) is 1.23. The van der Waals surface area contributed by atoms with Crippen LogP contribution in [0.25, 0.3) is 6.08 Å². The van der Waals surface area contributed by atoms with Crippen molar-refractivity contribution in [1.82, 2.24) is 0 Å². The van der Waals surface area contributed by atoms with E-state index in [2.05, 4.69) is 6.58 Å². The van der Waals surface area contributed by atoms with Crippen molar-refractivity contribution < 1.29 is 48.9 Å². The van der Waals surface area contributed by atoms with Crippen molar-refractivity contribution in [3.63, 3.8) is 0 Å². The first-order chi connectivity index (χ1) is 5.24. The Kier molecular flexibility index (Phi) is 25.3. The molecule has 16 heavy (non-hydrogen) atoms. The van der Waals surface area contributed by atoms with E-state index in [-0.39, 0.29) is 39.0 Å². The average Bonchev–Trinajstić information content (AvgIpc) is 2.05. The van der Waals surface area contributed by atoms with Crippen LogP contribution in [0.5, 0.6) is 0 Å². The van der Waals surface area contributed by atoms with Gasteiger partial charge in [0.25, 0.3) is 0 Å². The van der Waals surface area contributed by atoms with Crippen LogP contribution in [-0.4, -0.2) is 33.0 Å². The zero-order valence-corrected chi connectivity index (χ0v) is 9.51. The molecule has 7 heteroatoms. The van der Waals surface area contributed by atoms with Crippen molar-refractivity contribution in [3.05, 3.63) is 42.0 Å². The molecule has 0 fully saturated rings. The SMILES string of the molecule is C=Cc1ccc(C(=O)O)cc1.O.O.O.O.[Mn]. The molecular weight excluding hydrogens is 259 g/mol. The maximum atomic E-state index is 10.4. The maximum absolute atomic E-state index is 10.4. The van der Waals surface area contributed by atoms with Crippen molar-refractivity contribution in [3.8, 4) is 0 Å². The molecule has 0 amide bonds. The Morgan fingerprint density at radius 1 is 1.06 bits per heavy atom. The first-order valence-corrected chi connectivity index (χ1v) is 3.20. The van der Waals surface area contributed by atoms with E-state index in [1.807, 2.05) is 0 Å². The molecule has 9 N–H and O–H groups in total. The van der Waals surface area contributed by atoms with E-state index in [1.165, 1.54) is 0 Å². The largest absolute Gasteiger partial charge is 0.478 e. The third kappa shape index (κ3) is 8.13. The van der Waals surface area contributed by atoms with Crippen LogP contribution in [0, 0.1) is 0 Å². The molecule has 0 saturated heterocycles. The van der Waals surface area contributed by atoms with Crippen molar-refractivity contribution in [2.75, 3.05) is 0 Å². The molecule has 1 radical (unpaired) electrons. The summed E-state index contributed by atoms with van der Waals surface area (Å²) >= 11 is 0. The summed E-state index contributed by atoms with van der Waals surface area (Å²) in [6, 6.07) is 6.55. The molecule has 0 aliphatic rings. The van der Waals surface area contributed by atoms with Gasteiger partial charge in [-0.15, -0.1) is 0 Å². The van der Waals surface area contributed by atoms with Gasteiger partial charge in [-0.2, -0.15) is 0 Å². The Morgan fingerprint density at radius 2 is 1.44 bits per heavy atom. The quantitative estimate of drug-likeness (QED) is 0.665. The minimum absolute atomic E-state index is 0. The number of benzene rings is 1. The Bertz CT molecular complexity index is 285. The van der Waals surface area contributed by atoms with E-state index in [1.54, 1.807) is 30.3 Å². The van der Waals surface area contributed by atoms with Gasteiger partial charge in [0.05, 0.1) is 5.56 Å². The molecule has 0 aromatic heterocycles. The number of hydrogen-bond donors (Lipinski definition) is 1. The van der Waals surface area contributed by atoms with Gasteiger partial charge in [-0.25, -0.2) is 4.79 Å². The number of carboxylic acids is 1. The van der Waals surface area contributed by atoms with Crippen molar-refractivity contribution >= 4 is 12.0 Å². The van der Waals surface area contributed by atoms with Gasteiger partial charge >= 0.3 is 5.97 Å². The third-order valence-corrected chi connectivity index (χ3v) is 1.39. The first-order valence-electron chi connectivity index (χ1n) is 3.20. The van der Waals surface area contributed by atoms with Crippen LogP contribution in [0.4, 0.5) is 0 Å². The fourth-order valence-electron chi connectivity index (χ4n) is 0.762. The van der Waals surface area contributed by atoms with Crippen LogP contribution < -0.4 is 0 Å². The minimum atomic E-state index is -0.902. The molecule has 0 atom stereocenters. The van der Waals surface area contributed by atoms with E-state index in [9.17, 15) is 4.79 Å². The second-order valence-electron chi connectivity index (χ2n) is 2.13. The Balaban J connectivity index is -0.0000000807. The fourth-order valence-corrected chi connectivity index (χ4v) is 0.762. The predicted octanol–water partition coefficient (Wildman–Crippen LogP) is -1.27. The molecular formula is C9H16MnO6. The van der Waals surface area contributed by atoms with Crippen molar-refractivity contribution in [2.24, 2.45) is 0 Å². The van der Waals surface area contributed by atoms with Gasteiger partial charge in [0.15, 0.2) is 0 Å². The zero-order valence-electron chi connectivity index (χ0n) is 8.33. The smallest absolute Gasteiger partial charge is 0.335 e. The van der Waals surface area contributed by atoms with E-state index in [4.69, 9.17) is 5.11 Å². The normalized spacial score (nSPS) is 6.25. The van der Waals surface area contributed by atoms with E-state index in [0.717, 1.165) is 5.56 Å². The summed E-state index contributed by atoms with van der Waals surface area (Å²) in [6.07, 6.45) is 1.67. The molecule has 0 aliphatic heterocycles. The fraction of sp³-hybridized carbons (Fsp3) is 0. The molecule has 6 nitrogen and oxygen atoms in total. The molecule has 95 valence electrons. The van der Waals surface area contributed by atoms with Crippen LogP contribution in [0.1, 0.15) is 15.9 Å². The molecule has 1 aromatic rings.